The third-order valence-electron chi connectivity index (χ3n) is 3.07. The van der Waals surface area contributed by atoms with Gasteiger partial charge < -0.3 is 9.63 Å². The van der Waals surface area contributed by atoms with Crippen LogP contribution in [0.4, 0.5) is 0 Å². The van der Waals surface area contributed by atoms with Crippen LogP contribution in [0.1, 0.15) is 34.7 Å². The van der Waals surface area contributed by atoms with Gasteiger partial charge in [0.25, 0.3) is 0 Å². The first-order valence-corrected chi connectivity index (χ1v) is 5.87. The van der Waals surface area contributed by atoms with E-state index in [-0.39, 0.29) is 11.6 Å². The van der Waals surface area contributed by atoms with E-state index in [0.717, 1.165) is 5.69 Å². The molecular formula is C13H15N3O3. The van der Waals surface area contributed by atoms with Crippen molar-refractivity contribution in [3.8, 4) is 0 Å². The summed E-state index contributed by atoms with van der Waals surface area (Å²) in [6.07, 6.45) is 3.11. The minimum Gasteiger partial charge on any atom is -0.478 e. The third-order valence-corrected chi connectivity index (χ3v) is 3.07. The molecule has 6 nitrogen and oxygen atoms in total. The second-order valence-corrected chi connectivity index (χ2v) is 4.32. The van der Waals surface area contributed by atoms with Gasteiger partial charge in [0.05, 0.1) is 17.3 Å². The molecule has 0 bridgehead atoms. The Morgan fingerprint density at radius 2 is 2.32 bits per heavy atom. The summed E-state index contributed by atoms with van der Waals surface area (Å²) < 4.78 is 4.81. The molecule has 2 heterocycles. The summed E-state index contributed by atoms with van der Waals surface area (Å²) in [7, 11) is 1.89. The molecule has 2 aromatic heterocycles. The topological polar surface area (TPSA) is 79.5 Å². The average molecular weight is 261 g/mol. The van der Waals surface area contributed by atoms with Gasteiger partial charge in [-0.25, -0.2) is 4.79 Å². The molecule has 19 heavy (non-hydrogen) atoms. The second-order valence-electron chi connectivity index (χ2n) is 4.32. The normalized spacial score (nSPS) is 12.6. The largest absolute Gasteiger partial charge is 0.478 e. The summed E-state index contributed by atoms with van der Waals surface area (Å²) in [5.41, 5.74) is 1.56. The van der Waals surface area contributed by atoms with E-state index in [0.29, 0.717) is 12.2 Å². The smallest absolute Gasteiger partial charge is 0.337 e. The van der Waals surface area contributed by atoms with Gasteiger partial charge in [-0.15, -0.1) is 0 Å². The Balaban J connectivity index is 2.15. The van der Waals surface area contributed by atoms with Gasteiger partial charge >= 0.3 is 5.97 Å². The number of rotatable bonds is 5. The number of carbonyl (C=O) groups is 1. The SMILES string of the molecule is C[C@@H](c1ccon1)N(C)Cc1ncccc1C(=O)O. The fraction of sp³-hybridized carbons (Fsp3) is 0.308. The van der Waals surface area contributed by atoms with Crippen LogP contribution in [0, 0.1) is 0 Å². The number of aromatic nitrogens is 2. The van der Waals surface area contributed by atoms with Crippen molar-refractivity contribution in [3.05, 3.63) is 47.6 Å². The van der Waals surface area contributed by atoms with Gasteiger partial charge in [-0.1, -0.05) is 5.16 Å². The molecule has 0 unspecified atom stereocenters. The fourth-order valence-electron chi connectivity index (χ4n) is 1.80. The van der Waals surface area contributed by atoms with Crippen molar-refractivity contribution in [2.24, 2.45) is 0 Å². The van der Waals surface area contributed by atoms with Gasteiger partial charge in [0.2, 0.25) is 0 Å². The Morgan fingerprint density at radius 3 is 2.95 bits per heavy atom. The molecule has 2 aromatic rings. The van der Waals surface area contributed by atoms with Crippen LogP contribution in [-0.2, 0) is 6.54 Å². The Kier molecular flexibility index (Phi) is 3.91. The molecule has 0 aliphatic carbocycles. The van der Waals surface area contributed by atoms with Crippen LogP contribution in [-0.4, -0.2) is 33.2 Å². The molecule has 6 heteroatoms. The first-order chi connectivity index (χ1) is 9.09. The maximum Gasteiger partial charge on any atom is 0.337 e. The summed E-state index contributed by atoms with van der Waals surface area (Å²) in [4.78, 5) is 17.2. The number of hydrogen-bond acceptors (Lipinski definition) is 5. The van der Waals surface area contributed by atoms with Crippen molar-refractivity contribution in [2.45, 2.75) is 19.5 Å². The minimum atomic E-state index is -0.967. The molecule has 0 radical (unpaired) electrons. The Bertz CT molecular complexity index is 554. The highest BCUT2D eigenvalue weighted by Crippen LogP contribution is 2.19. The molecule has 1 N–H and O–H groups in total. The molecule has 2 rings (SSSR count). The predicted molar refractivity (Wildman–Crippen MR) is 67.6 cm³/mol. The van der Waals surface area contributed by atoms with E-state index < -0.39 is 5.97 Å². The number of pyridine rings is 1. The summed E-state index contributed by atoms with van der Waals surface area (Å²) in [5, 5.41) is 13.0. The van der Waals surface area contributed by atoms with Gasteiger partial charge in [0.15, 0.2) is 0 Å². The highest BCUT2D eigenvalue weighted by Gasteiger charge is 2.18. The first-order valence-electron chi connectivity index (χ1n) is 5.87. The zero-order chi connectivity index (χ0) is 13.8. The van der Waals surface area contributed by atoms with Gasteiger partial charge in [0.1, 0.15) is 12.0 Å². The maximum absolute atomic E-state index is 11.1. The van der Waals surface area contributed by atoms with Crippen LogP contribution < -0.4 is 0 Å². The van der Waals surface area contributed by atoms with E-state index in [4.69, 9.17) is 9.63 Å². The van der Waals surface area contributed by atoms with Crippen LogP contribution in [0.2, 0.25) is 0 Å². The molecular weight excluding hydrogens is 246 g/mol. The van der Waals surface area contributed by atoms with Crippen molar-refractivity contribution in [2.75, 3.05) is 7.05 Å². The third kappa shape index (κ3) is 2.97. The molecule has 0 aromatic carbocycles. The average Bonchev–Trinajstić information content (AvgIpc) is 2.92. The standard InChI is InChI=1S/C13H15N3O3/c1-9(11-5-7-19-15-11)16(2)8-12-10(13(17)18)4-3-6-14-12/h3-7,9H,8H2,1-2H3,(H,17,18)/t9-/m0/s1. The lowest BCUT2D eigenvalue weighted by atomic mass is 10.1. The summed E-state index contributed by atoms with van der Waals surface area (Å²) in [6.45, 7) is 2.40. The van der Waals surface area contributed by atoms with E-state index in [2.05, 4.69) is 10.1 Å². The predicted octanol–water partition coefficient (Wildman–Crippen LogP) is 1.96. The van der Waals surface area contributed by atoms with Crippen LogP contribution in [0.25, 0.3) is 0 Å². The van der Waals surface area contributed by atoms with Crippen LogP contribution in [0.3, 0.4) is 0 Å². The fourth-order valence-corrected chi connectivity index (χ4v) is 1.80. The Hall–Kier alpha value is -2.21. The van der Waals surface area contributed by atoms with E-state index >= 15 is 0 Å². The molecule has 0 aliphatic heterocycles. The summed E-state index contributed by atoms with van der Waals surface area (Å²) in [5.74, 6) is -0.967. The first kappa shape index (κ1) is 13.2. The van der Waals surface area contributed by atoms with E-state index in [1.807, 2.05) is 18.9 Å². The number of nitrogens with zero attached hydrogens (tertiary/aromatic N) is 3. The van der Waals surface area contributed by atoms with Crippen molar-refractivity contribution < 1.29 is 14.4 Å². The number of carboxylic acid groups (broad SMARTS) is 1. The van der Waals surface area contributed by atoms with Crippen molar-refractivity contribution in [1.82, 2.24) is 15.0 Å². The number of carboxylic acids is 1. The lowest BCUT2D eigenvalue weighted by molar-refractivity contribution is 0.0693. The van der Waals surface area contributed by atoms with Gasteiger partial charge in [0, 0.05) is 18.8 Å². The van der Waals surface area contributed by atoms with E-state index in [9.17, 15) is 4.79 Å². The molecule has 0 saturated carbocycles. The highest BCUT2D eigenvalue weighted by molar-refractivity contribution is 5.88. The van der Waals surface area contributed by atoms with Gasteiger partial charge in [-0.3, -0.25) is 9.88 Å². The van der Waals surface area contributed by atoms with Crippen molar-refractivity contribution >= 4 is 5.97 Å². The number of aromatic carboxylic acids is 1. The molecule has 0 saturated heterocycles. The van der Waals surface area contributed by atoms with Crippen LogP contribution >= 0.6 is 0 Å². The quantitative estimate of drug-likeness (QED) is 0.886. The molecule has 0 fully saturated rings. The van der Waals surface area contributed by atoms with Gasteiger partial charge in [-0.05, 0) is 26.1 Å². The molecule has 100 valence electrons. The molecule has 1 atom stereocenters. The summed E-state index contributed by atoms with van der Waals surface area (Å²) in [6, 6.07) is 4.98. The van der Waals surface area contributed by atoms with Gasteiger partial charge in [-0.2, -0.15) is 0 Å². The maximum atomic E-state index is 11.1. The van der Waals surface area contributed by atoms with Crippen molar-refractivity contribution in [3.63, 3.8) is 0 Å². The monoisotopic (exact) mass is 261 g/mol. The summed E-state index contributed by atoms with van der Waals surface area (Å²) >= 11 is 0. The second kappa shape index (κ2) is 5.62. The lowest BCUT2D eigenvalue weighted by Gasteiger charge is -2.22. The van der Waals surface area contributed by atoms with Crippen LogP contribution in [0.5, 0.6) is 0 Å². The zero-order valence-electron chi connectivity index (χ0n) is 10.8. The zero-order valence-corrected chi connectivity index (χ0v) is 10.8. The highest BCUT2D eigenvalue weighted by atomic mass is 16.5. The minimum absolute atomic E-state index is 0.0161. The lowest BCUT2D eigenvalue weighted by Crippen LogP contribution is -2.24. The van der Waals surface area contributed by atoms with E-state index in [1.54, 1.807) is 24.4 Å². The molecule has 0 amide bonds. The molecule has 0 spiro atoms. The Labute approximate surface area is 110 Å². The van der Waals surface area contributed by atoms with Crippen molar-refractivity contribution in [1.29, 1.82) is 0 Å². The molecule has 0 aliphatic rings. The van der Waals surface area contributed by atoms with Crippen LogP contribution in [0.15, 0.2) is 35.2 Å². The number of hydrogen-bond donors (Lipinski definition) is 1. The van der Waals surface area contributed by atoms with E-state index in [1.165, 1.54) is 6.26 Å². The Morgan fingerprint density at radius 1 is 1.53 bits per heavy atom.